The van der Waals surface area contributed by atoms with Crippen LogP contribution in [-0.4, -0.2) is 17.9 Å². The fourth-order valence-electron chi connectivity index (χ4n) is 4.33. The van der Waals surface area contributed by atoms with Gasteiger partial charge in [-0.2, -0.15) is 0 Å². The largest absolute Gasteiger partial charge is 0.463 e. The molecule has 0 aliphatic rings. The highest BCUT2D eigenvalue weighted by atomic mass is 16.5. The van der Waals surface area contributed by atoms with Gasteiger partial charge in [-0.15, -0.1) is 0 Å². The molecule has 0 atom stereocenters. The van der Waals surface area contributed by atoms with Crippen molar-refractivity contribution in [2.75, 3.05) is 0 Å². The van der Waals surface area contributed by atoms with Gasteiger partial charge in [-0.1, -0.05) is 71.4 Å². The van der Waals surface area contributed by atoms with E-state index in [0.29, 0.717) is 30.6 Å². The highest BCUT2D eigenvalue weighted by Crippen LogP contribution is 2.32. The maximum atomic E-state index is 13.7. The third-order valence-corrected chi connectivity index (χ3v) is 6.62. The summed E-state index contributed by atoms with van der Waals surface area (Å²) in [6, 6.07) is 9.40. The summed E-state index contributed by atoms with van der Waals surface area (Å²) < 4.78 is 22.3. The Bertz CT molecular complexity index is 1370. The SMILES string of the molecule is CCCCCC(=O)Oc1ccc(-c2coc3cc(OC(=O)CCCCC)cc(OC(=O)CCCCC)c3c2=O)cc1. The monoisotopic (exact) mass is 564 g/mol. The smallest absolute Gasteiger partial charge is 0.311 e. The number of ether oxygens (including phenoxy) is 3. The van der Waals surface area contributed by atoms with Crippen LogP contribution >= 0.6 is 0 Å². The van der Waals surface area contributed by atoms with Crippen molar-refractivity contribution in [1.82, 2.24) is 0 Å². The van der Waals surface area contributed by atoms with E-state index in [4.69, 9.17) is 18.6 Å². The molecule has 3 rings (SSSR count). The second-order valence-electron chi connectivity index (χ2n) is 10.1. The van der Waals surface area contributed by atoms with Crippen LogP contribution in [-0.2, 0) is 14.4 Å². The van der Waals surface area contributed by atoms with Crippen LogP contribution in [0, 0.1) is 0 Å². The lowest BCUT2D eigenvalue weighted by Crippen LogP contribution is -2.13. The maximum absolute atomic E-state index is 13.7. The number of hydrogen-bond acceptors (Lipinski definition) is 8. The Morgan fingerprint density at radius 1 is 0.659 bits per heavy atom. The zero-order valence-electron chi connectivity index (χ0n) is 24.3. The van der Waals surface area contributed by atoms with Gasteiger partial charge in [-0.3, -0.25) is 19.2 Å². The van der Waals surface area contributed by atoms with Crippen LogP contribution in [0.5, 0.6) is 17.2 Å². The van der Waals surface area contributed by atoms with Crippen LogP contribution in [0.15, 0.2) is 51.9 Å². The Labute approximate surface area is 241 Å². The van der Waals surface area contributed by atoms with Crippen LogP contribution in [0.25, 0.3) is 22.1 Å². The molecule has 0 aliphatic carbocycles. The van der Waals surface area contributed by atoms with E-state index in [9.17, 15) is 19.2 Å². The van der Waals surface area contributed by atoms with Crippen LogP contribution in [0.4, 0.5) is 0 Å². The average Bonchev–Trinajstić information content (AvgIpc) is 2.94. The molecule has 0 radical (unpaired) electrons. The Balaban J connectivity index is 1.91. The number of unbranched alkanes of at least 4 members (excludes halogenated alkanes) is 6. The predicted octanol–water partition coefficient (Wildman–Crippen LogP) is 7.92. The molecule has 0 N–H and O–H groups in total. The van der Waals surface area contributed by atoms with E-state index in [1.165, 1.54) is 18.4 Å². The van der Waals surface area contributed by atoms with Crippen molar-refractivity contribution in [3.8, 4) is 28.4 Å². The molecule has 1 aromatic heterocycles. The summed E-state index contributed by atoms with van der Waals surface area (Å²) in [5.41, 5.74) is 0.503. The molecule has 0 amide bonds. The first-order valence-electron chi connectivity index (χ1n) is 14.7. The predicted molar refractivity (Wildman–Crippen MR) is 157 cm³/mol. The number of benzene rings is 2. The second-order valence-corrected chi connectivity index (χ2v) is 10.1. The summed E-state index contributed by atoms with van der Waals surface area (Å²) in [6.45, 7) is 6.15. The fourth-order valence-corrected chi connectivity index (χ4v) is 4.33. The van der Waals surface area contributed by atoms with E-state index >= 15 is 0 Å². The zero-order chi connectivity index (χ0) is 29.6. The van der Waals surface area contributed by atoms with Crippen molar-refractivity contribution in [2.45, 2.75) is 97.8 Å². The lowest BCUT2D eigenvalue weighted by Gasteiger charge is -2.12. The minimum absolute atomic E-state index is 0.0198. The first kappa shape index (κ1) is 31.6. The highest BCUT2D eigenvalue weighted by Gasteiger charge is 2.19. The Morgan fingerprint density at radius 3 is 1.71 bits per heavy atom. The normalized spacial score (nSPS) is 10.9. The summed E-state index contributed by atoms with van der Waals surface area (Å²) in [4.78, 5) is 50.7. The molecule has 0 bridgehead atoms. The zero-order valence-corrected chi connectivity index (χ0v) is 24.3. The van der Waals surface area contributed by atoms with Gasteiger partial charge in [0.1, 0.15) is 34.5 Å². The Kier molecular flexibility index (Phi) is 12.6. The standard InChI is InChI=1S/C33H40O8/c1-4-7-10-13-29(34)39-24-18-16-23(17-19-24)26-22-38-27-20-25(40-30(35)14-11-8-5-2)21-28(32(27)33(26)37)41-31(36)15-12-9-6-3/h16-22H,4-15H2,1-3H3. The Hall–Kier alpha value is -3.94. The quantitative estimate of drug-likeness (QED) is 0.0980. The minimum atomic E-state index is -0.485. The number of rotatable bonds is 16. The van der Waals surface area contributed by atoms with Gasteiger partial charge >= 0.3 is 17.9 Å². The first-order chi connectivity index (χ1) is 19.9. The van der Waals surface area contributed by atoms with Gasteiger partial charge in [0.05, 0.1) is 5.56 Å². The van der Waals surface area contributed by atoms with Crippen LogP contribution in [0.3, 0.4) is 0 Å². The molecular formula is C33H40O8. The van der Waals surface area contributed by atoms with Crippen molar-refractivity contribution in [3.63, 3.8) is 0 Å². The molecule has 0 unspecified atom stereocenters. The molecule has 2 aromatic carbocycles. The molecule has 1 heterocycles. The van der Waals surface area contributed by atoms with Crippen LogP contribution in [0.1, 0.15) is 97.8 Å². The molecule has 41 heavy (non-hydrogen) atoms. The van der Waals surface area contributed by atoms with Gasteiger partial charge in [0.25, 0.3) is 0 Å². The molecule has 220 valence electrons. The van der Waals surface area contributed by atoms with Gasteiger partial charge < -0.3 is 18.6 Å². The van der Waals surface area contributed by atoms with Gasteiger partial charge in [0.15, 0.2) is 0 Å². The van der Waals surface area contributed by atoms with Crippen molar-refractivity contribution in [1.29, 1.82) is 0 Å². The summed E-state index contributed by atoms with van der Waals surface area (Å²) in [5.74, 6) is -0.703. The molecule has 8 nitrogen and oxygen atoms in total. The van der Waals surface area contributed by atoms with E-state index in [1.54, 1.807) is 24.3 Å². The number of carbonyl (C=O) groups is 3. The molecule has 0 spiro atoms. The molecular weight excluding hydrogens is 524 g/mol. The second kappa shape index (κ2) is 16.4. The molecule has 3 aromatic rings. The first-order valence-corrected chi connectivity index (χ1v) is 14.7. The number of hydrogen-bond donors (Lipinski definition) is 0. The number of fused-ring (bicyclic) bond motifs is 1. The lowest BCUT2D eigenvalue weighted by atomic mass is 10.0. The van der Waals surface area contributed by atoms with Crippen LogP contribution in [0.2, 0.25) is 0 Å². The van der Waals surface area contributed by atoms with Crippen molar-refractivity contribution in [3.05, 3.63) is 52.9 Å². The molecule has 0 fully saturated rings. The third kappa shape index (κ3) is 9.59. The summed E-state index contributed by atoms with van der Waals surface area (Å²) >= 11 is 0. The maximum Gasteiger partial charge on any atom is 0.311 e. The molecule has 0 aliphatic heterocycles. The molecule has 0 saturated heterocycles. The summed E-state index contributed by atoms with van der Waals surface area (Å²) in [6.07, 6.45) is 9.94. The van der Waals surface area contributed by atoms with E-state index in [1.807, 2.05) is 13.8 Å². The van der Waals surface area contributed by atoms with Crippen LogP contribution < -0.4 is 19.6 Å². The lowest BCUT2D eigenvalue weighted by molar-refractivity contribution is -0.135. The van der Waals surface area contributed by atoms with Gasteiger partial charge in [-0.25, -0.2) is 0 Å². The Morgan fingerprint density at radius 2 is 1.17 bits per heavy atom. The number of carbonyl (C=O) groups excluding carboxylic acids is 3. The van der Waals surface area contributed by atoms with Gasteiger partial charge in [0.2, 0.25) is 5.43 Å². The van der Waals surface area contributed by atoms with Crippen molar-refractivity contribution < 1.29 is 33.0 Å². The van der Waals surface area contributed by atoms with E-state index in [2.05, 4.69) is 6.92 Å². The van der Waals surface area contributed by atoms with Crippen molar-refractivity contribution in [2.24, 2.45) is 0 Å². The third-order valence-electron chi connectivity index (χ3n) is 6.62. The number of esters is 3. The van der Waals surface area contributed by atoms with Gasteiger partial charge in [0, 0.05) is 31.4 Å². The molecule has 0 saturated carbocycles. The van der Waals surface area contributed by atoms with E-state index < -0.39 is 17.4 Å². The van der Waals surface area contributed by atoms with Gasteiger partial charge in [-0.05, 0) is 37.0 Å². The topological polar surface area (TPSA) is 109 Å². The highest BCUT2D eigenvalue weighted by molar-refractivity contribution is 5.91. The summed E-state index contributed by atoms with van der Waals surface area (Å²) in [5, 5.41) is 0.0727. The van der Waals surface area contributed by atoms with E-state index in [-0.39, 0.29) is 46.8 Å². The van der Waals surface area contributed by atoms with Crippen molar-refractivity contribution >= 4 is 28.9 Å². The average molecular weight is 565 g/mol. The molecule has 8 heteroatoms. The summed E-state index contributed by atoms with van der Waals surface area (Å²) in [7, 11) is 0. The fraction of sp³-hybridized carbons (Fsp3) is 0.455. The van der Waals surface area contributed by atoms with E-state index in [0.717, 1.165) is 44.9 Å². The minimum Gasteiger partial charge on any atom is -0.463 e.